The summed E-state index contributed by atoms with van der Waals surface area (Å²) in [6.45, 7) is 2.06. The minimum absolute atomic E-state index is 0.0766. The third-order valence-corrected chi connectivity index (χ3v) is 4.73. The molecule has 25 heavy (non-hydrogen) atoms. The van der Waals surface area contributed by atoms with E-state index in [1.807, 2.05) is 29.0 Å². The quantitative estimate of drug-likeness (QED) is 0.644. The lowest BCUT2D eigenvalue weighted by Crippen LogP contribution is -2.13. The summed E-state index contributed by atoms with van der Waals surface area (Å²) in [5.74, 6) is -0.470. The van der Waals surface area contributed by atoms with E-state index in [2.05, 4.69) is 24.0 Å². The fraction of sp³-hybridized carbons (Fsp3) is 0.143. The van der Waals surface area contributed by atoms with Crippen LogP contribution in [-0.2, 0) is 0 Å². The predicted octanol–water partition coefficient (Wildman–Crippen LogP) is 4.78. The van der Waals surface area contributed by atoms with Gasteiger partial charge in [-0.1, -0.05) is 42.5 Å². The molecule has 1 aromatic heterocycles. The lowest BCUT2D eigenvalue weighted by Gasteiger charge is -2.18. The average molecular weight is 332 g/mol. The van der Waals surface area contributed by atoms with E-state index in [0.29, 0.717) is 5.56 Å². The number of hydrogen-bond acceptors (Lipinski definition) is 2. The molecule has 1 aliphatic rings. The summed E-state index contributed by atoms with van der Waals surface area (Å²) in [4.78, 5) is 17.0. The molecule has 0 saturated heterocycles. The molecule has 1 unspecified atom stereocenters. The number of allylic oxidation sites excluding steroid dienone is 2. The first-order valence-corrected chi connectivity index (χ1v) is 8.22. The van der Waals surface area contributed by atoms with Gasteiger partial charge in [-0.3, -0.25) is 4.79 Å². The second-order valence-corrected chi connectivity index (χ2v) is 6.24. The van der Waals surface area contributed by atoms with E-state index in [1.54, 1.807) is 18.5 Å². The molecule has 124 valence electrons. The van der Waals surface area contributed by atoms with Crippen LogP contribution >= 0.6 is 0 Å². The number of halogens is 1. The number of ketones is 1. The summed E-state index contributed by atoms with van der Waals surface area (Å²) >= 11 is 0. The Hall–Kier alpha value is -3.01. The van der Waals surface area contributed by atoms with Crippen LogP contribution in [0.25, 0.3) is 11.1 Å². The van der Waals surface area contributed by atoms with Gasteiger partial charge in [-0.2, -0.15) is 0 Å². The van der Waals surface area contributed by atoms with Crippen molar-refractivity contribution in [3.8, 4) is 0 Å². The molecule has 1 atom stereocenters. The van der Waals surface area contributed by atoms with E-state index >= 15 is 0 Å². The number of rotatable bonds is 4. The van der Waals surface area contributed by atoms with Crippen molar-refractivity contribution in [1.29, 1.82) is 0 Å². The van der Waals surface area contributed by atoms with Crippen LogP contribution in [0.3, 0.4) is 0 Å². The number of aromatic nitrogens is 2. The van der Waals surface area contributed by atoms with Crippen molar-refractivity contribution in [3.05, 3.63) is 89.8 Å². The van der Waals surface area contributed by atoms with Crippen molar-refractivity contribution >= 4 is 16.9 Å². The molecule has 0 spiro atoms. The van der Waals surface area contributed by atoms with Crippen LogP contribution in [0.5, 0.6) is 0 Å². The van der Waals surface area contributed by atoms with Crippen LogP contribution in [0.2, 0.25) is 0 Å². The van der Waals surface area contributed by atoms with Gasteiger partial charge in [0.15, 0.2) is 5.78 Å². The summed E-state index contributed by atoms with van der Waals surface area (Å²) in [7, 11) is 0. The molecular weight excluding hydrogens is 315 g/mol. The molecule has 4 heteroatoms. The summed E-state index contributed by atoms with van der Waals surface area (Å²) in [6.07, 6.45) is 3.86. The maximum atomic E-state index is 13.5. The molecule has 0 fully saturated rings. The van der Waals surface area contributed by atoms with Gasteiger partial charge in [0.05, 0.1) is 24.3 Å². The van der Waals surface area contributed by atoms with Gasteiger partial charge in [-0.25, -0.2) is 9.37 Å². The Morgan fingerprint density at radius 1 is 1.16 bits per heavy atom. The third-order valence-electron chi connectivity index (χ3n) is 4.73. The highest BCUT2D eigenvalue weighted by molar-refractivity contribution is 6.00. The maximum absolute atomic E-state index is 13.5. The van der Waals surface area contributed by atoms with Crippen molar-refractivity contribution < 1.29 is 9.18 Å². The van der Waals surface area contributed by atoms with Gasteiger partial charge < -0.3 is 4.57 Å². The van der Waals surface area contributed by atoms with Crippen LogP contribution in [0, 0.1) is 5.82 Å². The number of Topliss-reactive ketones (excluding diaryl/α,β-unsaturated/α-hetero) is 1. The van der Waals surface area contributed by atoms with Gasteiger partial charge in [-0.15, -0.1) is 0 Å². The molecule has 3 nitrogen and oxygen atoms in total. The van der Waals surface area contributed by atoms with E-state index in [-0.39, 0.29) is 18.2 Å². The average Bonchev–Trinajstić information content (AvgIpc) is 3.19. The number of hydrogen-bond donors (Lipinski definition) is 0. The zero-order valence-electron chi connectivity index (χ0n) is 13.8. The smallest absolute Gasteiger partial charge is 0.165 e. The largest absolute Gasteiger partial charge is 0.323 e. The summed E-state index contributed by atoms with van der Waals surface area (Å²) in [6, 6.07) is 15.8. The number of carbonyl (C=O) groups excluding carboxylic acids is 1. The zero-order chi connectivity index (χ0) is 17.4. The molecule has 3 aromatic rings. The Kier molecular flexibility index (Phi) is 3.80. The van der Waals surface area contributed by atoms with E-state index in [1.165, 1.54) is 12.1 Å². The highest BCUT2D eigenvalue weighted by Crippen LogP contribution is 2.44. The molecule has 0 radical (unpaired) electrons. The van der Waals surface area contributed by atoms with Gasteiger partial charge in [0, 0.05) is 12.0 Å². The molecule has 1 aliphatic heterocycles. The normalized spacial score (nSPS) is 16.2. The molecule has 0 aliphatic carbocycles. The fourth-order valence-electron chi connectivity index (χ4n) is 3.55. The molecule has 0 saturated carbocycles. The number of benzene rings is 2. The lowest BCUT2D eigenvalue weighted by atomic mass is 9.91. The van der Waals surface area contributed by atoms with Crippen LogP contribution in [0.15, 0.2) is 67.1 Å². The lowest BCUT2D eigenvalue weighted by molar-refractivity contribution is 0.0972. The number of fused-ring (bicyclic) bond motifs is 1. The second kappa shape index (κ2) is 6.13. The van der Waals surface area contributed by atoms with Gasteiger partial charge >= 0.3 is 0 Å². The number of carbonyl (C=O) groups is 1. The molecule has 2 aromatic carbocycles. The summed E-state index contributed by atoms with van der Waals surface area (Å²) in [5, 5.41) is 0. The minimum atomic E-state index is -0.393. The number of nitrogens with zero attached hydrogens (tertiary/aromatic N) is 2. The standard InChI is InChI=1S/C21H17FN2O/c1-14-19-12-23-13-24(19)18(21(14)15-6-3-2-4-7-15)11-20(25)16-8-5-9-17(22)10-16/h2-10,12-13,18H,11H2,1H3. The van der Waals surface area contributed by atoms with Crippen molar-refractivity contribution in [2.24, 2.45) is 0 Å². The zero-order valence-corrected chi connectivity index (χ0v) is 13.8. The van der Waals surface area contributed by atoms with Gasteiger partial charge in [0.2, 0.25) is 0 Å². The second-order valence-electron chi connectivity index (χ2n) is 6.24. The molecule has 0 amide bonds. The van der Waals surface area contributed by atoms with E-state index in [9.17, 15) is 9.18 Å². The first-order chi connectivity index (χ1) is 12.1. The molecule has 0 N–H and O–H groups in total. The van der Waals surface area contributed by atoms with Crippen LogP contribution < -0.4 is 0 Å². The van der Waals surface area contributed by atoms with Crippen molar-refractivity contribution in [3.63, 3.8) is 0 Å². The Morgan fingerprint density at radius 3 is 2.72 bits per heavy atom. The third kappa shape index (κ3) is 2.70. The van der Waals surface area contributed by atoms with Crippen molar-refractivity contribution in [1.82, 2.24) is 9.55 Å². The fourth-order valence-corrected chi connectivity index (χ4v) is 3.55. The highest BCUT2D eigenvalue weighted by Gasteiger charge is 2.31. The van der Waals surface area contributed by atoms with E-state index in [4.69, 9.17) is 0 Å². The predicted molar refractivity (Wildman–Crippen MR) is 95.5 cm³/mol. The van der Waals surface area contributed by atoms with Crippen LogP contribution in [0.1, 0.15) is 41.0 Å². The first kappa shape index (κ1) is 15.5. The van der Waals surface area contributed by atoms with Gasteiger partial charge in [0.25, 0.3) is 0 Å². The van der Waals surface area contributed by atoms with Crippen LogP contribution in [-0.4, -0.2) is 15.3 Å². The molecule has 4 rings (SSSR count). The first-order valence-electron chi connectivity index (χ1n) is 8.22. The Morgan fingerprint density at radius 2 is 1.96 bits per heavy atom. The molecular formula is C21H17FN2O. The van der Waals surface area contributed by atoms with E-state index in [0.717, 1.165) is 22.4 Å². The molecule has 2 heterocycles. The SMILES string of the molecule is CC1=C(c2ccccc2)C(CC(=O)c2cccc(F)c2)n2cncc21. The van der Waals surface area contributed by atoms with E-state index < -0.39 is 5.82 Å². The molecule has 0 bridgehead atoms. The topological polar surface area (TPSA) is 34.9 Å². The number of imidazole rings is 1. The highest BCUT2D eigenvalue weighted by atomic mass is 19.1. The minimum Gasteiger partial charge on any atom is -0.323 e. The van der Waals surface area contributed by atoms with Gasteiger partial charge in [-0.05, 0) is 35.8 Å². The Bertz CT molecular complexity index is 972. The van der Waals surface area contributed by atoms with Crippen molar-refractivity contribution in [2.75, 3.05) is 0 Å². The Balaban J connectivity index is 1.73. The monoisotopic (exact) mass is 332 g/mol. The Labute approximate surface area is 145 Å². The maximum Gasteiger partial charge on any atom is 0.165 e. The van der Waals surface area contributed by atoms with Gasteiger partial charge in [0.1, 0.15) is 5.82 Å². The summed E-state index contributed by atoms with van der Waals surface area (Å²) < 4.78 is 15.5. The van der Waals surface area contributed by atoms with Crippen molar-refractivity contribution in [2.45, 2.75) is 19.4 Å². The summed E-state index contributed by atoms with van der Waals surface area (Å²) in [5.41, 5.74) is 4.78. The van der Waals surface area contributed by atoms with Crippen LogP contribution in [0.4, 0.5) is 4.39 Å².